The molecule has 0 bridgehead atoms. The minimum absolute atomic E-state index is 0.219. The third-order valence-electron chi connectivity index (χ3n) is 1.86. The molecule has 0 amide bonds. The summed E-state index contributed by atoms with van der Waals surface area (Å²) in [6.45, 7) is 3.71. The quantitative estimate of drug-likeness (QED) is 0.636. The summed E-state index contributed by atoms with van der Waals surface area (Å²) in [6.07, 6.45) is 0. The van der Waals surface area contributed by atoms with E-state index in [2.05, 4.69) is 9.97 Å². The number of fused-ring (bicyclic) bond motifs is 1. The van der Waals surface area contributed by atoms with Gasteiger partial charge in [-0.15, -0.1) is 0 Å². The third kappa shape index (κ3) is 0.978. The third-order valence-corrected chi connectivity index (χ3v) is 1.86. The van der Waals surface area contributed by atoms with Crippen LogP contribution in [0.25, 0.3) is 11.0 Å². The molecule has 12 heavy (non-hydrogen) atoms. The zero-order valence-corrected chi connectivity index (χ0v) is 6.98. The van der Waals surface area contributed by atoms with Gasteiger partial charge in [-0.05, 0) is 31.5 Å². The molecule has 2 nitrogen and oxygen atoms in total. The molecule has 0 radical (unpaired) electrons. The minimum atomic E-state index is -0.219. The zero-order chi connectivity index (χ0) is 8.72. The molecule has 0 aliphatic carbocycles. The van der Waals surface area contributed by atoms with Crippen LogP contribution in [0.5, 0.6) is 0 Å². The van der Waals surface area contributed by atoms with E-state index in [0.29, 0.717) is 0 Å². The van der Waals surface area contributed by atoms with Crippen LogP contribution in [0, 0.1) is 19.7 Å². The molecule has 0 aliphatic rings. The molecule has 1 aromatic heterocycles. The second-order valence-electron chi connectivity index (χ2n) is 2.94. The molecule has 0 aliphatic heterocycles. The molecule has 2 rings (SSSR count). The Morgan fingerprint density at radius 2 is 2.08 bits per heavy atom. The fourth-order valence-electron chi connectivity index (χ4n) is 1.37. The number of rotatable bonds is 0. The lowest BCUT2D eigenvalue weighted by atomic mass is 10.2. The first-order valence-corrected chi connectivity index (χ1v) is 3.79. The van der Waals surface area contributed by atoms with Gasteiger partial charge in [0.25, 0.3) is 0 Å². The van der Waals surface area contributed by atoms with Crippen LogP contribution in [0.1, 0.15) is 11.4 Å². The van der Waals surface area contributed by atoms with Gasteiger partial charge in [0.1, 0.15) is 11.6 Å². The zero-order valence-electron chi connectivity index (χ0n) is 6.98. The lowest BCUT2D eigenvalue weighted by molar-refractivity contribution is 0.628. The van der Waals surface area contributed by atoms with Crippen molar-refractivity contribution >= 4 is 11.0 Å². The maximum absolute atomic E-state index is 12.9. The molecular weight excluding hydrogens is 155 g/mol. The topological polar surface area (TPSA) is 28.7 Å². The number of nitrogens with zero attached hydrogens (tertiary/aromatic N) is 1. The standard InChI is InChI=1S/C9H9FN2/c1-5-3-7(10)4-8-9(5)12-6(2)11-8/h3-4H,1-2H3,(H,11,12). The number of hydrogen-bond acceptors (Lipinski definition) is 1. The van der Waals surface area contributed by atoms with E-state index in [4.69, 9.17) is 0 Å². The van der Waals surface area contributed by atoms with E-state index in [1.54, 1.807) is 0 Å². The highest BCUT2D eigenvalue weighted by Gasteiger charge is 2.03. The lowest BCUT2D eigenvalue weighted by Crippen LogP contribution is -1.80. The number of imidazole rings is 1. The van der Waals surface area contributed by atoms with Gasteiger partial charge in [0, 0.05) is 0 Å². The number of hydrogen-bond donors (Lipinski definition) is 1. The van der Waals surface area contributed by atoms with E-state index in [-0.39, 0.29) is 5.82 Å². The van der Waals surface area contributed by atoms with Gasteiger partial charge >= 0.3 is 0 Å². The summed E-state index contributed by atoms with van der Waals surface area (Å²) in [7, 11) is 0. The minimum Gasteiger partial charge on any atom is -0.342 e. The Balaban J connectivity index is 2.88. The first-order valence-electron chi connectivity index (χ1n) is 3.79. The normalized spacial score (nSPS) is 10.9. The number of halogens is 1. The van der Waals surface area contributed by atoms with E-state index < -0.39 is 0 Å². The summed E-state index contributed by atoms with van der Waals surface area (Å²) in [5.41, 5.74) is 2.49. The molecule has 1 N–H and O–H groups in total. The molecule has 0 fully saturated rings. The van der Waals surface area contributed by atoms with Gasteiger partial charge in [-0.1, -0.05) is 0 Å². The van der Waals surface area contributed by atoms with Crippen LogP contribution >= 0.6 is 0 Å². The number of aryl methyl sites for hydroxylation is 2. The van der Waals surface area contributed by atoms with Gasteiger partial charge in [-0.3, -0.25) is 0 Å². The van der Waals surface area contributed by atoms with Gasteiger partial charge in [0.15, 0.2) is 0 Å². The molecule has 1 aromatic carbocycles. The van der Waals surface area contributed by atoms with Crippen LogP contribution in [0.2, 0.25) is 0 Å². The number of aromatic nitrogens is 2. The summed E-state index contributed by atoms with van der Waals surface area (Å²) in [5, 5.41) is 0. The van der Waals surface area contributed by atoms with Crippen molar-refractivity contribution in [3.63, 3.8) is 0 Å². The fourth-order valence-corrected chi connectivity index (χ4v) is 1.37. The van der Waals surface area contributed by atoms with Gasteiger partial charge < -0.3 is 4.98 Å². The van der Waals surface area contributed by atoms with Crippen molar-refractivity contribution in [3.8, 4) is 0 Å². The molecular formula is C9H9FN2. The van der Waals surface area contributed by atoms with Crippen molar-refractivity contribution in [2.75, 3.05) is 0 Å². The highest BCUT2D eigenvalue weighted by molar-refractivity contribution is 5.78. The molecule has 3 heteroatoms. The summed E-state index contributed by atoms with van der Waals surface area (Å²) in [5.74, 6) is 0.599. The van der Waals surface area contributed by atoms with Gasteiger partial charge in [0.2, 0.25) is 0 Å². The molecule has 0 saturated carbocycles. The van der Waals surface area contributed by atoms with Crippen molar-refractivity contribution in [1.29, 1.82) is 0 Å². The Hall–Kier alpha value is -1.38. The SMILES string of the molecule is Cc1nc2c(C)cc(F)cc2[nH]1. The highest BCUT2D eigenvalue weighted by Crippen LogP contribution is 2.17. The molecule has 0 atom stereocenters. The van der Waals surface area contributed by atoms with E-state index in [1.165, 1.54) is 12.1 Å². The smallest absolute Gasteiger partial charge is 0.125 e. The predicted molar refractivity (Wildman–Crippen MR) is 45.5 cm³/mol. The van der Waals surface area contributed by atoms with E-state index >= 15 is 0 Å². The Labute approximate surface area is 69.4 Å². The maximum Gasteiger partial charge on any atom is 0.125 e. The van der Waals surface area contributed by atoms with E-state index in [0.717, 1.165) is 22.4 Å². The van der Waals surface area contributed by atoms with Crippen LogP contribution in [-0.4, -0.2) is 9.97 Å². The summed E-state index contributed by atoms with van der Waals surface area (Å²) >= 11 is 0. The van der Waals surface area contributed by atoms with Gasteiger partial charge in [0.05, 0.1) is 11.0 Å². The Morgan fingerprint density at radius 3 is 2.83 bits per heavy atom. The second-order valence-corrected chi connectivity index (χ2v) is 2.94. The van der Waals surface area contributed by atoms with Crippen LogP contribution in [0.4, 0.5) is 4.39 Å². The van der Waals surface area contributed by atoms with Crippen molar-refractivity contribution in [2.24, 2.45) is 0 Å². The molecule has 0 spiro atoms. The number of nitrogens with one attached hydrogen (secondary N) is 1. The average Bonchev–Trinajstić information content (AvgIpc) is 2.29. The summed E-state index contributed by atoms with van der Waals surface area (Å²) < 4.78 is 12.9. The van der Waals surface area contributed by atoms with Crippen molar-refractivity contribution in [2.45, 2.75) is 13.8 Å². The molecule has 0 saturated heterocycles. The van der Waals surface area contributed by atoms with Crippen molar-refractivity contribution < 1.29 is 4.39 Å². The van der Waals surface area contributed by atoms with Gasteiger partial charge in [-0.25, -0.2) is 9.37 Å². The molecule has 2 aromatic rings. The van der Waals surface area contributed by atoms with Crippen LogP contribution in [-0.2, 0) is 0 Å². The van der Waals surface area contributed by atoms with Crippen LogP contribution < -0.4 is 0 Å². The number of H-pyrrole nitrogens is 1. The van der Waals surface area contributed by atoms with Crippen molar-refractivity contribution in [1.82, 2.24) is 9.97 Å². The summed E-state index contributed by atoms with van der Waals surface area (Å²) in [6, 6.07) is 2.95. The first kappa shape index (κ1) is 7.28. The first-order chi connectivity index (χ1) is 5.66. The average molecular weight is 164 g/mol. The fraction of sp³-hybridized carbons (Fsp3) is 0.222. The van der Waals surface area contributed by atoms with E-state index in [1.807, 2.05) is 13.8 Å². The lowest BCUT2D eigenvalue weighted by Gasteiger charge is -1.93. The Kier molecular flexibility index (Phi) is 1.40. The monoisotopic (exact) mass is 164 g/mol. The second kappa shape index (κ2) is 2.30. The largest absolute Gasteiger partial charge is 0.342 e. The molecule has 0 unspecified atom stereocenters. The molecule has 62 valence electrons. The van der Waals surface area contributed by atoms with Crippen molar-refractivity contribution in [3.05, 3.63) is 29.3 Å². The number of benzene rings is 1. The predicted octanol–water partition coefficient (Wildman–Crippen LogP) is 2.32. The van der Waals surface area contributed by atoms with Crippen LogP contribution in [0.15, 0.2) is 12.1 Å². The summed E-state index contributed by atoms with van der Waals surface area (Å²) in [4.78, 5) is 7.22. The van der Waals surface area contributed by atoms with Gasteiger partial charge in [-0.2, -0.15) is 0 Å². The molecule has 1 heterocycles. The van der Waals surface area contributed by atoms with E-state index in [9.17, 15) is 4.39 Å². The Bertz CT molecular complexity index is 431. The van der Waals surface area contributed by atoms with Crippen LogP contribution in [0.3, 0.4) is 0 Å². The maximum atomic E-state index is 12.9. The number of aromatic amines is 1. The highest BCUT2D eigenvalue weighted by atomic mass is 19.1. The Morgan fingerprint density at radius 1 is 1.33 bits per heavy atom.